The Bertz CT molecular complexity index is 926. The van der Waals surface area contributed by atoms with Crippen LogP contribution in [0.15, 0.2) is 18.2 Å². The summed E-state index contributed by atoms with van der Waals surface area (Å²) in [6, 6.07) is 5.49. The Morgan fingerprint density at radius 2 is 2.24 bits per heavy atom. The highest BCUT2D eigenvalue weighted by atomic mass is 35.5. The smallest absolute Gasteiger partial charge is 0.255 e. The zero-order valence-electron chi connectivity index (χ0n) is 16.2. The van der Waals surface area contributed by atoms with E-state index >= 15 is 0 Å². The SMILES string of the molecule is Cc1ccc(NC(=O)CN2CCc3nc(NC(=O)C4CCCO4)sc3C2)cc1Cl. The van der Waals surface area contributed by atoms with Crippen molar-refractivity contribution in [2.75, 3.05) is 30.3 Å². The van der Waals surface area contributed by atoms with Crippen molar-refractivity contribution < 1.29 is 14.3 Å². The lowest BCUT2D eigenvalue weighted by atomic mass is 10.2. The van der Waals surface area contributed by atoms with Crippen molar-refractivity contribution in [3.8, 4) is 0 Å². The molecule has 1 fully saturated rings. The molecule has 2 aliphatic heterocycles. The molecule has 1 unspecified atom stereocenters. The summed E-state index contributed by atoms with van der Waals surface area (Å²) >= 11 is 7.59. The van der Waals surface area contributed by atoms with Crippen LogP contribution in [0.2, 0.25) is 5.02 Å². The molecule has 29 heavy (non-hydrogen) atoms. The first-order valence-electron chi connectivity index (χ1n) is 9.67. The average Bonchev–Trinajstić information content (AvgIpc) is 3.34. The molecular weight excluding hydrogens is 412 g/mol. The number of fused-ring (bicyclic) bond motifs is 1. The molecule has 154 valence electrons. The summed E-state index contributed by atoms with van der Waals surface area (Å²) in [5.41, 5.74) is 2.67. The molecule has 1 saturated heterocycles. The van der Waals surface area contributed by atoms with E-state index in [1.165, 1.54) is 11.3 Å². The van der Waals surface area contributed by atoms with Gasteiger partial charge >= 0.3 is 0 Å². The third-order valence-corrected chi connectivity index (χ3v) is 6.49. The maximum atomic E-state index is 12.4. The molecule has 3 heterocycles. The fourth-order valence-corrected chi connectivity index (χ4v) is 4.72. The average molecular weight is 435 g/mol. The standard InChI is InChI=1S/C20H23ClN4O3S/c1-12-4-5-13(9-14(12)21)22-18(26)11-25-7-6-15-17(10-25)29-20(23-15)24-19(27)16-3-2-8-28-16/h4-5,9,16H,2-3,6-8,10-11H2,1H3,(H,22,26)(H,23,24,27). The van der Waals surface area contributed by atoms with Gasteiger partial charge < -0.3 is 10.1 Å². The van der Waals surface area contributed by atoms with Gasteiger partial charge in [-0.15, -0.1) is 11.3 Å². The van der Waals surface area contributed by atoms with Crippen molar-refractivity contribution in [3.63, 3.8) is 0 Å². The second-order valence-corrected chi connectivity index (χ2v) is 8.84. The summed E-state index contributed by atoms with van der Waals surface area (Å²) in [4.78, 5) is 32.3. The molecule has 2 amide bonds. The number of carbonyl (C=O) groups excluding carboxylic acids is 2. The van der Waals surface area contributed by atoms with E-state index in [0.717, 1.165) is 41.9 Å². The molecule has 0 radical (unpaired) electrons. The van der Waals surface area contributed by atoms with E-state index in [1.807, 2.05) is 19.1 Å². The molecule has 1 aromatic carbocycles. The van der Waals surface area contributed by atoms with Gasteiger partial charge in [-0.05, 0) is 37.5 Å². The van der Waals surface area contributed by atoms with E-state index < -0.39 is 0 Å². The Hall–Kier alpha value is -2.00. The number of benzene rings is 1. The molecule has 9 heteroatoms. The first-order chi connectivity index (χ1) is 14.0. The molecule has 1 atom stereocenters. The van der Waals surface area contributed by atoms with Crippen LogP contribution in [0.25, 0.3) is 0 Å². The Kier molecular flexibility index (Phi) is 6.15. The van der Waals surface area contributed by atoms with Crippen LogP contribution in [-0.4, -0.2) is 47.5 Å². The summed E-state index contributed by atoms with van der Waals surface area (Å²) in [5.74, 6) is -0.202. The van der Waals surface area contributed by atoms with Gasteiger partial charge in [-0.1, -0.05) is 17.7 Å². The highest BCUT2D eigenvalue weighted by molar-refractivity contribution is 7.15. The van der Waals surface area contributed by atoms with Gasteiger partial charge in [0.05, 0.1) is 12.2 Å². The molecule has 7 nitrogen and oxygen atoms in total. The molecule has 2 N–H and O–H groups in total. The van der Waals surface area contributed by atoms with Crippen molar-refractivity contribution in [3.05, 3.63) is 39.4 Å². The van der Waals surface area contributed by atoms with Gasteiger partial charge in [0.25, 0.3) is 5.91 Å². The van der Waals surface area contributed by atoms with E-state index in [1.54, 1.807) is 6.07 Å². The molecule has 4 rings (SSSR count). The molecule has 0 aliphatic carbocycles. The van der Waals surface area contributed by atoms with E-state index in [4.69, 9.17) is 16.3 Å². The van der Waals surface area contributed by atoms with E-state index in [2.05, 4.69) is 20.5 Å². The zero-order valence-corrected chi connectivity index (χ0v) is 17.7. The molecular formula is C20H23ClN4O3S. The van der Waals surface area contributed by atoms with Crippen molar-refractivity contribution in [1.29, 1.82) is 0 Å². The van der Waals surface area contributed by atoms with Gasteiger partial charge in [-0.2, -0.15) is 0 Å². The highest BCUT2D eigenvalue weighted by Gasteiger charge is 2.26. The number of nitrogens with zero attached hydrogens (tertiary/aromatic N) is 2. The number of ether oxygens (including phenoxy) is 1. The number of amides is 2. The normalized spacial score (nSPS) is 19.0. The predicted octanol–water partition coefficient (Wildman–Crippen LogP) is 3.22. The van der Waals surface area contributed by atoms with Crippen LogP contribution in [0.4, 0.5) is 10.8 Å². The lowest BCUT2D eigenvalue weighted by molar-refractivity contribution is -0.124. The summed E-state index contributed by atoms with van der Waals surface area (Å²) < 4.78 is 5.42. The Morgan fingerprint density at radius 3 is 3.00 bits per heavy atom. The number of halogens is 1. The van der Waals surface area contributed by atoms with Crippen molar-refractivity contribution in [2.24, 2.45) is 0 Å². The van der Waals surface area contributed by atoms with E-state index in [9.17, 15) is 9.59 Å². The number of hydrogen-bond acceptors (Lipinski definition) is 6. The van der Waals surface area contributed by atoms with Gasteiger partial charge in [0, 0.05) is 41.7 Å². The largest absolute Gasteiger partial charge is 0.368 e. The number of thiazole rings is 1. The second-order valence-electron chi connectivity index (χ2n) is 7.35. The molecule has 2 aliphatic rings. The van der Waals surface area contributed by atoms with E-state index in [-0.39, 0.29) is 17.9 Å². The monoisotopic (exact) mass is 434 g/mol. The molecule has 0 saturated carbocycles. The van der Waals surface area contributed by atoms with Crippen LogP contribution in [0.1, 0.15) is 29.0 Å². The van der Waals surface area contributed by atoms with Gasteiger partial charge in [-0.3, -0.25) is 19.8 Å². The summed E-state index contributed by atoms with van der Waals surface area (Å²) in [7, 11) is 0. The minimum Gasteiger partial charge on any atom is -0.368 e. The van der Waals surface area contributed by atoms with Crippen LogP contribution >= 0.6 is 22.9 Å². The number of rotatable bonds is 5. The number of hydrogen-bond donors (Lipinski definition) is 2. The molecule has 0 spiro atoms. The first-order valence-corrected chi connectivity index (χ1v) is 10.9. The lowest BCUT2D eigenvalue weighted by Crippen LogP contribution is -2.36. The fraction of sp³-hybridized carbons (Fsp3) is 0.450. The van der Waals surface area contributed by atoms with Gasteiger partial charge in [-0.25, -0.2) is 4.98 Å². The number of carbonyl (C=O) groups is 2. The maximum Gasteiger partial charge on any atom is 0.255 e. The summed E-state index contributed by atoms with van der Waals surface area (Å²) in [6.07, 6.45) is 2.06. The highest BCUT2D eigenvalue weighted by Crippen LogP contribution is 2.29. The van der Waals surface area contributed by atoms with Crippen molar-refractivity contribution >= 4 is 45.6 Å². The Morgan fingerprint density at radius 1 is 1.38 bits per heavy atom. The summed E-state index contributed by atoms with van der Waals surface area (Å²) in [5, 5.41) is 7.01. The number of nitrogens with one attached hydrogen (secondary N) is 2. The third kappa shape index (κ3) is 4.95. The second kappa shape index (κ2) is 8.79. The summed E-state index contributed by atoms with van der Waals surface area (Å²) in [6.45, 7) is 4.24. The molecule has 0 bridgehead atoms. The molecule has 1 aromatic heterocycles. The van der Waals surface area contributed by atoms with Gasteiger partial charge in [0.15, 0.2) is 5.13 Å². The maximum absolute atomic E-state index is 12.4. The topological polar surface area (TPSA) is 83.6 Å². The van der Waals surface area contributed by atoms with Crippen LogP contribution in [0.3, 0.4) is 0 Å². The minimum absolute atomic E-state index is 0.0789. The van der Waals surface area contributed by atoms with Crippen LogP contribution in [0, 0.1) is 6.92 Å². The number of aromatic nitrogens is 1. The predicted molar refractivity (Wildman–Crippen MR) is 114 cm³/mol. The lowest BCUT2D eigenvalue weighted by Gasteiger charge is -2.25. The number of aryl methyl sites for hydroxylation is 1. The van der Waals surface area contributed by atoms with Gasteiger partial charge in [0.1, 0.15) is 6.10 Å². The molecule has 2 aromatic rings. The minimum atomic E-state index is -0.369. The number of anilines is 2. The van der Waals surface area contributed by atoms with Crippen molar-refractivity contribution in [2.45, 2.75) is 38.8 Å². The van der Waals surface area contributed by atoms with Gasteiger partial charge in [0.2, 0.25) is 5.91 Å². The van der Waals surface area contributed by atoms with Crippen molar-refractivity contribution in [1.82, 2.24) is 9.88 Å². The third-order valence-electron chi connectivity index (χ3n) is 5.09. The quantitative estimate of drug-likeness (QED) is 0.754. The first kappa shape index (κ1) is 20.3. The zero-order chi connectivity index (χ0) is 20.4. The fourth-order valence-electron chi connectivity index (χ4n) is 3.48. The Balaban J connectivity index is 1.32. The van der Waals surface area contributed by atoms with Crippen LogP contribution in [0.5, 0.6) is 0 Å². The van der Waals surface area contributed by atoms with E-state index in [0.29, 0.717) is 35.5 Å². The van der Waals surface area contributed by atoms with Crippen LogP contribution < -0.4 is 10.6 Å². The van der Waals surface area contributed by atoms with Crippen LogP contribution in [-0.2, 0) is 27.3 Å². The Labute approximate surface area is 178 Å².